The zero-order chi connectivity index (χ0) is 16.7. The lowest BCUT2D eigenvalue weighted by molar-refractivity contribution is -0.165. The SMILES string of the molecule is CC1(C)C(=O)CC[C@]2(C)C1CC[C@@]13C[C@@H](CCC12)[C@](O)(CO)C3. The average molecular weight is 320 g/mol. The Balaban J connectivity index is 1.73. The Morgan fingerprint density at radius 2 is 1.83 bits per heavy atom. The van der Waals surface area contributed by atoms with Gasteiger partial charge in [0, 0.05) is 11.8 Å². The minimum absolute atomic E-state index is 0.0870. The van der Waals surface area contributed by atoms with E-state index < -0.39 is 5.60 Å². The Labute approximate surface area is 139 Å². The first-order valence-corrected chi connectivity index (χ1v) is 9.55. The molecule has 3 heteroatoms. The van der Waals surface area contributed by atoms with Crippen molar-refractivity contribution < 1.29 is 15.0 Å². The van der Waals surface area contributed by atoms with Crippen LogP contribution in [0.5, 0.6) is 0 Å². The number of hydrogen-bond acceptors (Lipinski definition) is 3. The summed E-state index contributed by atoms with van der Waals surface area (Å²) < 4.78 is 0. The fourth-order valence-corrected chi connectivity index (χ4v) is 7.83. The third kappa shape index (κ3) is 1.87. The van der Waals surface area contributed by atoms with Gasteiger partial charge in [-0.25, -0.2) is 0 Å². The Bertz CT molecular complexity index is 541. The topological polar surface area (TPSA) is 57.5 Å². The highest BCUT2D eigenvalue weighted by molar-refractivity contribution is 5.85. The number of ketones is 1. The second kappa shape index (κ2) is 4.60. The van der Waals surface area contributed by atoms with E-state index in [-0.39, 0.29) is 28.8 Å². The van der Waals surface area contributed by atoms with Gasteiger partial charge in [0.1, 0.15) is 5.78 Å². The normalized spacial score (nSPS) is 54.5. The summed E-state index contributed by atoms with van der Waals surface area (Å²) in [6.07, 6.45) is 8.07. The van der Waals surface area contributed by atoms with Crippen molar-refractivity contribution in [2.24, 2.45) is 34.0 Å². The van der Waals surface area contributed by atoms with Gasteiger partial charge >= 0.3 is 0 Å². The van der Waals surface area contributed by atoms with Gasteiger partial charge in [-0.1, -0.05) is 20.8 Å². The molecule has 4 saturated carbocycles. The van der Waals surface area contributed by atoms with E-state index in [0.717, 1.165) is 44.9 Å². The molecular formula is C20H32O3. The van der Waals surface area contributed by atoms with Gasteiger partial charge in [0.15, 0.2) is 0 Å². The van der Waals surface area contributed by atoms with Crippen LogP contribution in [0.15, 0.2) is 0 Å². The molecule has 0 amide bonds. The van der Waals surface area contributed by atoms with Crippen molar-refractivity contribution in [3.63, 3.8) is 0 Å². The highest BCUT2D eigenvalue weighted by atomic mass is 16.3. The number of carbonyl (C=O) groups excluding carboxylic acids is 1. The van der Waals surface area contributed by atoms with Crippen molar-refractivity contribution >= 4 is 5.78 Å². The second-order valence-electron chi connectivity index (χ2n) is 10.1. The molecule has 4 aliphatic rings. The Kier molecular flexibility index (Phi) is 3.22. The van der Waals surface area contributed by atoms with Crippen molar-refractivity contribution in [1.82, 2.24) is 0 Å². The third-order valence-corrected chi connectivity index (χ3v) is 8.89. The zero-order valence-electron chi connectivity index (χ0n) is 14.9. The second-order valence-corrected chi connectivity index (χ2v) is 10.1. The van der Waals surface area contributed by atoms with Crippen LogP contribution in [0.4, 0.5) is 0 Å². The average Bonchev–Trinajstić information content (AvgIpc) is 2.70. The first-order valence-electron chi connectivity index (χ1n) is 9.55. The summed E-state index contributed by atoms with van der Waals surface area (Å²) in [5.74, 6) is 1.81. The summed E-state index contributed by atoms with van der Waals surface area (Å²) in [5.41, 5.74) is -0.612. The molecule has 2 bridgehead atoms. The van der Waals surface area contributed by atoms with E-state index in [2.05, 4.69) is 20.8 Å². The maximum atomic E-state index is 12.5. The summed E-state index contributed by atoms with van der Waals surface area (Å²) in [6, 6.07) is 0. The van der Waals surface area contributed by atoms with Gasteiger partial charge in [-0.2, -0.15) is 0 Å². The van der Waals surface area contributed by atoms with Crippen LogP contribution in [0.25, 0.3) is 0 Å². The molecule has 2 N–H and O–H groups in total. The van der Waals surface area contributed by atoms with Crippen molar-refractivity contribution in [2.45, 2.75) is 77.7 Å². The van der Waals surface area contributed by atoms with Crippen LogP contribution in [-0.4, -0.2) is 28.2 Å². The Hall–Kier alpha value is -0.410. The van der Waals surface area contributed by atoms with E-state index in [1.165, 1.54) is 6.42 Å². The summed E-state index contributed by atoms with van der Waals surface area (Å²) in [7, 11) is 0. The maximum absolute atomic E-state index is 12.5. The quantitative estimate of drug-likeness (QED) is 0.779. The van der Waals surface area contributed by atoms with Crippen LogP contribution in [0.1, 0.15) is 72.1 Å². The summed E-state index contributed by atoms with van der Waals surface area (Å²) in [6.45, 7) is 6.68. The molecule has 4 rings (SSSR count). The fraction of sp³-hybridized carbons (Fsp3) is 0.950. The fourth-order valence-electron chi connectivity index (χ4n) is 7.83. The molecule has 3 nitrogen and oxygen atoms in total. The van der Waals surface area contributed by atoms with Crippen LogP contribution in [-0.2, 0) is 4.79 Å². The van der Waals surface area contributed by atoms with Crippen LogP contribution in [0.3, 0.4) is 0 Å². The van der Waals surface area contributed by atoms with E-state index in [9.17, 15) is 15.0 Å². The minimum Gasteiger partial charge on any atom is -0.393 e. The molecule has 0 aromatic carbocycles. The monoisotopic (exact) mass is 320 g/mol. The number of Topliss-reactive ketones (excluding diaryl/α,β-unsaturated/α-hetero) is 1. The van der Waals surface area contributed by atoms with E-state index >= 15 is 0 Å². The van der Waals surface area contributed by atoms with E-state index in [1.807, 2.05) is 0 Å². The van der Waals surface area contributed by atoms with Gasteiger partial charge in [0.05, 0.1) is 12.2 Å². The molecule has 0 heterocycles. The zero-order valence-corrected chi connectivity index (χ0v) is 14.9. The van der Waals surface area contributed by atoms with E-state index in [4.69, 9.17) is 0 Å². The summed E-state index contributed by atoms with van der Waals surface area (Å²) >= 11 is 0. The lowest BCUT2D eigenvalue weighted by Crippen LogP contribution is -2.58. The number of hydrogen-bond donors (Lipinski definition) is 2. The molecule has 6 atom stereocenters. The molecule has 130 valence electrons. The smallest absolute Gasteiger partial charge is 0.138 e. The lowest BCUT2D eigenvalue weighted by atomic mass is 9.41. The molecule has 0 aromatic rings. The maximum Gasteiger partial charge on any atom is 0.138 e. The number of fused-ring (bicyclic) bond motifs is 3. The number of aliphatic hydroxyl groups excluding tert-OH is 1. The van der Waals surface area contributed by atoms with Gasteiger partial charge < -0.3 is 10.2 Å². The molecule has 4 fully saturated rings. The highest BCUT2D eigenvalue weighted by Crippen LogP contribution is 2.72. The minimum atomic E-state index is -0.849. The molecular weight excluding hydrogens is 288 g/mol. The van der Waals surface area contributed by atoms with Gasteiger partial charge in [0.25, 0.3) is 0 Å². The summed E-state index contributed by atoms with van der Waals surface area (Å²) in [5, 5.41) is 20.7. The van der Waals surface area contributed by atoms with E-state index in [1.54, 1.807) is 0 Å². The first-order chi connectivity index (χ1) is 10.7. The van der Waals surface area contributed by atoms with Crippen LogP contribution in [0.2, 0.25) is 0 Å². The van der Waals surface area contributed by atoms with Crippen LogP contribution >= 0.6 is 0 Å². The van der Waals surface area contributed by atoms with Crippen molar-refractivity contribution in [3.8, 4) is 0 Å². The van der Waals surface area contributed by atoms with Crippen LogP contribution in [0, 0.1) is 34.0 Å². The molecule has 0 saturated heterocycles. The summed E-state index contributed by atoms with van der Waals surface area (Å²) in [4.78, 5) is 12.5. The van der Waals surface area contributed by atoms with E-state index in [0.29, 0.717) is 17.6 Å². The number of carbonyl (C=O) groups is 1. The highest BCUT2D eigenvalue weighted by Gasteiger charge is 2.67. The van der Waals surface area contributed by atoms with Gasteiger partial charge in [-0.05, 0) is 73.5 Å². The van der Waals surface area contributed by atoms with Crippen LogP contribution < -0.4 is 0 Å². The third-order valence-electron chi connectivity index (χ3n) is 8.89. The molecule has 1 spiro atoms. The predicted octanol–water partition coefficient (Wildman–Crippen LogP) is 3.32. The lowest BCUT2D eigenvalue weighted by Gasteiger charge is -2.63. The molecule has 4 aliphatic carbocycles. The number of aliphatic hydroxyl groups is 2. The predicted molar refractivity (Wildman–Crippen MR) is 88.8 cm³/mol. The molecule has 2 unspecified atom stereocenters. The van der Waals surface area contributed by atoms with Gasteiger partial charge in [-0.3, -0.25) is 4.79 Å². The molecule has 0 aliphatic heterocycles. The first kappa shape index (κ1) is 16.1. The van der Waals surface area contributed by atoms with Gasteiger partial charge in [0.2, 0.25) is 0 Å². The largest absolute Gasteiger partial charge is 0.393 e. The van der Waals surface area contributed by atoms with Crippen molar-refractivity contribution in [2.75, 3.05) is 6.61 Å². The number of rotatable bonds is 1. The Morgan fingerprint density at radius 1 is 1.09 bits per heavy atom. The molecule has 0 radical (unpaired) electrons. The van der Waals surface area contributed by atoms with Crippen molar-refractivity contribution in [3.05, 3.63) is 0 Å². The Morgan fingerprint density at radius 3 is 2.52 bits per heavy atom. The standard InChI is InChI=1S/C20H32O3/c1-17(2)14-6-9-19-10-13(20(23,11-19)12-21)4-5-15(19)18(14,3)8-7-16(17)22/h13-15,21,23H,4-12H2,1-3H3/t13-,14?,15?,18-,19+,20-/m1/s1. The molecule has 23 heavy (non-hydrogen) atoms. The van der Waals surface area contributed by atoms with Crippen molar-refractivity contribution in [1.29, 1.82) is 0 Å². The molecule has 0 aromatic heterocycles. The van der Waals surface area contributed by atoms with Gasteiger partial charge in [-0.15, -0.1) is 0 Å².